The fraction of sp³-hybridized carbons (Fsp3) is 1.00. The lowest BCUT2D eigenvalue weighted by molar-refractivity contribution is 0.109. The fourth-order valence-corrected chi connectivity index (χ4v) is 4.30. The van der Waals surface area contributed by atoms with Gasteiger partial charge in [-0.2, -0.15) is 0 Å². The van der Waals surface area contributed by atoms with Crippen LogP contribution in [0.15, 0.2) is 0 Å². The molecule has 1 N–H and O–H groups in total. The molecule has 0 amide bonds. The minimum atomic E-state index is 0.464. The highest BCUT2D eigenvalue weighted by Gasteiger charge is 2.44. The van der Waals surface area contributed by atoms with E-state index in [1.165, 1.54) is 45.1 Å². The molecule has 2 aliphatic rings. The number of nitrogens with one attached hydrogen (secondary N) is 1. The Hall–Kier alpha value is -0.0800. The average Bonchev–Trinajstić information content (AvgIpc) is 2.88. The second-order valence-corrected chi connectivity index (χ2v) is 6.63. The summed E-state index contributed by atoms with van der Waals surface area (Å²) in [7, 11) is 2.15. The summed E-state index contributed by atoms with van der Waals surface area (Å²) >= 11 is 0. The van der Waals surface area contributed by atoms with Gasteiger partial charge in [0.25, 0.3) is 0 Å². The first-order valence-corrected chi connectivity index (χ1v) is 7.53. The predicted molar refractivity (Wildman–Crippen MR) is 74.3 cm³/mol. The lowest BCUT2D eigenvalue weighted by Gasteiger charge is -2.39. The smallest absolute Gasteiger partial charge is 0.0271 e. The third-order valence-electron chi connectivity index (χ3n) is 5.21. The molecule has 2 aliphatic carbocycles. The van der Waals surface area contributed by atoms with Crippen LogP contribution in [0.3, 0.4) is 0 Å². The molecule has 0 heterocycles. The Labute approximate surface area is 107 Å². The van der Waals surface area contributed by atoms with Crippen LogP contribution in [0.2, 0.25) is 0 Å². The molecule has 2 rings (SSSR count). The van der Waals surface area contributed by atoms with Gasteiger partial charge in [-0.05, 0) is 44.7 Å². The van der Waals surface area contributed by atoms with Gasteiger partial charge < -0.3 is 5.32 Å². The van der Waals surface area contributed by atoms with Crippen molar-refractivity contribution in [3.8, 4) is 0 Å². The van der Waals surface area contributed by atoms with E-state index < -0.39 is 0 Å². The van der Waals surface area contributed by atoms with Gasteiger partial charge in [-0.3, -0.25) is 4.90 Å². The molecule has 0 aliphatic heterocycles. The maximum atomic E-state index is 3.60. The summed E-state index contributed by atoms with van der Waals surface area (Å²) in [6.45, 7) is 8.42. The highest BCUT2D eigenvalue weighted by Crippen LogP contribution is 2.41. The zero-order valence-electron chi connectivity index (χ0n) is 12.1. The van der Waals surface area contributed by atoms with E-state index in [0.717, 1.165) is 12.1 Å². The van der Waals surface area contributed by atoms with Crippen molar-refractivity contribution in [1.82, 2.24) is 10.2 Å². The largest absolute Gasteiger partial charge is 0.315 e. The van der Waals surface area contributed by atoms with Crippen LogP contribution in [0, 0.1) is 5.41 Å². The molecule has 2 fully saturated rings. The lowest BCUT2D eigenvalue weighted by atomic mass is 9.86. The zero-order chi connectivity index (χ0) is 12.5. The summed E-state index contributed by atoms with van der Waals surface area (Å²) in [5, 5.41) is 3.60. The Morgan fingerprint density at radius 1 is 1.18 bits per heavy atom. The molecular formula is C15H30N2. The van der Waals surface area contributed by atoms with Crippen LogP contribution in [0.5, 0.6) is 0 Å². The standard InChI is InChI=1S/C15H30N2/c1-5-17(12-8-6-7-9-12)13-10-11-15(2,3)14(13)16-4/h12-14,16H,5-11H2,1-4H3. The van der Waals surface area contributed by atoms with Crippen LogP contribution in [0.1, 0.15) is 59.3 Å². The van der Waals surface area contributed by atoms with E-state index in [0.29, 0.717) is 11.5 Å². The van der Waals surface area contributed by atoms with E-state index in [2.05, 4.69) is 38.0 Å². The van der Waals surface area contributed by atoms with Crippen LogP contribution in [0.4, 0.5) is 0 Å². The molecule has 0 radical (unpaired) electrons. The quantitative estimate of drug-likeness (QED) is 0.810. The van der Waals surface area contributed by atoms with Gasteiger partial charge in [0.05, 0.1) is 0 Å². The molecule has 2 atom stereocenters. The Balaban J connectivity index is 2.08. The molecule has 100 valence electrons. The van der Waals surface area contributed by atoms with Gasteiger partial charge >= 0.3 is 0 Å². The molecule has 2 unspecified atom stereocenters. The van der Waals surface area contributed by atoms with E-state index in [9.17, 15) is 0 Å². The third-order valence-corrected chi connectivity index (χ3v) is 5.21. The summed E-state index contributed by atoms with van der Waals surface area (Å²) in [5.41, 5.74) is 0.464. The van der Waals surface area contributed by atoms with Gasteiger partial charge in [0.15, 0.2) is 0 Å². The number of hydrogen-bond acceptors (Lipinski definition) is 2. The maximum absolute atomic E-state index is 3.60. The van der Waals surface area contributed by atoms with Crippen LogP contribution in [0.25, 0.3) is 0 Å². The molecule has 2 saturated carbocycles. The van der Waals surface area contributed by atoms with Crippen molar-refractivity contribution >= 4 is 0 Å². The highest BCUT2D eigenvalue weighted by atomic mass is 15.2. The average molecular weight is 238 g/mol. The normalized spacial score (nSPS) is 33.7. The summed E-state index contributed by atoms with van der Waals surface area (Å²) in [6.07, 6.45) is 8.50. The topological polar surface area (TPSA) is 15.3 Å². The summed E-state index contributed by atoms with van der Waals surface area (Å²) in [4.78, 5) is 2.81. The summed E-state index contributed by atoms with van der Waals surface area (Å²) < 4.78 is 0. The third kappa shape index (κ3) is 2.53. The zero-order valence-corrected chi connectivity index (χ0v) is 12.1. The minimum Gasteiger partial charge on any atom is -0.315 e. The second-order valence-electron chi connectivity index (χ2n) is 6.63. The van der Waals surface area contributed by atoms with E-state index in [1.807, 2.05) is 0 Å². The predicted octanol–water partition coefficient (Wildman–Crippen LogP) is 3.03. The van der Waals surface area contributed by atoms with Crippen molar-refractivity contribution in [3.63, 3.8) is 0 Å². The minimum absolute atomic E-state index is 0.464. The van der Waals surface area contributed by atoms with Gasteiger partial charge in [-0.1, -0.05) is 33.6 Å². The second kappa shape index (κ2) is 5.27. The molecule has 0 aromatic rings. The molecule has 2 heteroatoms. The summed E-state index contributed by atoms with van der Waals surface area (Å²) in [6, 6.07) is 2.31. The van der Waals surface area contributed by atoms with E-state index in [-0.39, 0.29) is 0 Å². The van der Waals surface area contributed by atoms with Crippen LogP contribution < -0.4 is 5.32 Å². The monoisotopic (exact) mass is 238 g/mol. The van der Waals surface area contributed by atoms with Gasteiger partial charge in [0, 0.05) is 18.1 Å². The first-order chi connectivity index (χ1) is 8.10. The van der Waals surface area contributed by atoms with E-state index in [4.69, 9.17) is 0 Å². The first kappa shape index (κ1) is 13.4. The lowest BCUT2D eigenvalue weighted by Crippen LogP contribution is -2.53. The molecule has 0 aromatic heterocycles. The highest BCUT2D eigenvalue weighted by molar-refractivity contribution is 5.01. The Morgan fingerprint density at radius 2 is 1.82 bits per heavy atom. The Bertz CT molecular complexity index is 243. The van der Waals surface area contributed by atoms with Crippen LogP contribution >= 0.6 is 0 Å². The van der Waals surface area contributed by atoms with Crippen molar-refractivity contribution in [1.29, 1.82) is 0 Å². The Morgan fingerprint density at radius 3 is 2.35 bits per heavy atom. The molecule has 0 saturated heterocycles. The molecule has 0 aromatic carbocycles. The van der Waals surface area contributed by atoms with Crippen molar-refractivity contribution in [2.45, 2.75) is 77.4 Å². The van der Waals surface area contributed by atoms with E-state index in [1.54, 1.807) is 0 Å². The van der Waals surface area contributed by atoms with Gasteiger partial charge in [-0.25, -0.2) is 0 Å². The fourth-order valence-electron chi connectivity index (χ4n) is 4.30. The Kier molecular flexibility index (Phi) is 4.14. The van der Waals surface area contributed by atoms with Crippen molar-refractivity contribution < 1.29 is 0 Å². The van der Waals surface area contributed by atoms with Gasteiger partial charge in [0.2, 0.25) is 0 Å². The molecular weight excluding hydrogens is 208 g/mol. The number of likely N-dealkylation sites (N-methyl/N-ethyl adjacent to an activating group) is 2. The van der Waals surface area contributed by atoms with Crippen molar-refractivity contribution in [3.05, 3.63) is 0 Å². The van der Waals surface area contributed by atoms with Crippen molar-refractivity contribution in [2.75, 3.05) is 13.6 Å². The first-order valence-electron chi connectivity index (χ1n) is 7.53. The van der Waals surface area contributed by atoms with Crippen molar-refractivity contribution in [2.24, 2.45) is 5.41 Å². The SMILES string of the molecule is CCN(C1CCCC1)C1CCC(C)(C)C1NC. The number of nitrogens with zero attached hydrogens (tertiary/aromatic N) is 1. The molecule has 17 heavy (non-hydrogen) atoms. The molecule has 0 spiro atoms. The summed E-state index contributed by atoms with van der Waals surface area (Å²) in [5.74, 6) is 0. The number of rotatable bonds is 4. The van der Waals surface area contributed by atoms with Crippen LogP contribution in [-0.2, 0) is 0 Å². The van der Waals surface area contributed by atoms with Crippen LogP contribution in [-0.4, -0.2) is 36.6 Å². The molecule has 0 bridgehead atoms. The van der Waals surface area contributed by atoms with Gasteiger partial charge in [-0.15, -0.1) is 0 Å². The maximum Gasteiger partial charge on any atom is 0.0271 e. The van der Waals surface area contributed by atoms with Gasteiger partial charge in [0.1, 0.15) is 0 Å². The van der Waals surface area contributed by atoms with E-state index >= 15 is 0 Å². The molecule has 2 nitrogen and oxygen atoms in total. The number of hydrogen-bond donors (Lipinski definition) is 1.